The van der Waals surface area contributed by atoms with Gasteiger partial charge in [-0.2, -0.15) is 5.10 Å². The molecule has 0 aliphatic carbocycles. The molecule has 1 aromatic heterocycles. The number of hydrogen-bond donors (Lipinski definition) is 2. The normalized spacial score (nSPS) is 25.9. The highest BCUT2D eigenvalue weighted by Crippen LogP contribution is 2.22. The molecule has 0 bridgehead atoms. The average Bonchev–Trinajstić information content (AvgIpc) is 2.70. The summed E-state index contributed by atoms with van der Waals surface area (Å²) in [6, 6.07) is 0.223. The van der Waals surface area contributed by atoms with Gasteiger partial charge in [0.15, 0.2) is 0 Å². The fourth-order valence-electron chi connectivity index (χ4n) is 1.94. The Morgan fingerprint density at radius 1 is 1.62 bits per heavy atom. The molecule has 88 valence electrons. The number of nitrogens with zero attached hydrogens (tertiary/aromatic N) is 2. The molecule has 1 amide bonds. The van der Waals surface area contributed by atoms with Gasteiger partial charge in [0, 0.05) is 30.3 Å². The van der Waals surface area contributed by atoms with Crippen molar-refractivity contribution in [3.8, 4) is 0 Å². The van der Waals surface area contributed by atoms with E-state index < -0.39 is 0 Å². The number of amides is 1. The summed E-state index contributed by atoms with van der Waals surface area (Å²) in [5.74, 6) is 0.0731. The monoisotopic (exact) mass is 222 g/mol. The van der Waals surface area contributed by atoms with Gasteiger partial charge < -0.3 is 11.1 Å². The number of nitrogens with one attached hydrogen (secondary N) is 1. The maximum absolute atomic E-state index is 11.3. The Labute approximate surface area is 95.0 Å². The van der Waals surface area contributed by atoms with Crippen LogP contribution in [0.4, 0.5) is 0 Å². The van der Waals surface area contributed by atoms with Crippen molar-refractivity contribution < 1.29 is 4.79 Å². The second kappa shape index (κ2) is 4.25. The molecule has 0 radical (unpaired) electrons. The van der Waals surface area contributed by atoms with Gasteiger partial charge in [0.05, 0.1) is 12.2 Å². The average molecular weight is 222 g/mol. The molecule has 0 spiro atoms. The number of aromatic nitrogens is 2. The first-order valence-electron chi connectivity index (χ1n) is 5.67. The third kappa shape index (κ3) is 2.09. The van der Waals surface area contributed by atoms with Gasteiger partial charge in [0.2, 0.25) is 5.91 Å². The smallest absolute Gasteiger partial charge is 0.220 e. The van der Waals surface area contributed by atoms with Crippen LogP contribution in [0, 0.1) is 0 Å². The Kier molecular flexibility index (Phi) is 2.96. The molecule has 2 rings (SSSR count). The molecule has 1 aliphatic rings. The van der Waals surface area contributed by atoms with E-state index in [0.717, 1.165) is 12.0 Å². The quantitative estimate of drug-likeness (QED) is 0.775. The van der Waals surface area contributed by atoms with E-state index in [4.69, 9.17) is 5.73 Å². The van der Waals surface area contributed by atoms with Crippen molar-refractivity contribution in [2.45, 2.75) is 44.8 Å². The minimum absolute atomic E-state index is 0.0116. The molecule has 5 heteroatoms. The van der Waals surface area contributed by atoms with Gasteiger partial charge in [-0.1, -0.05) is 0 Å². The van der Waals surface area contributed by atoms with Gasteiger partial charge in [-0.3, -0.25) is 9.48 Å². The van der Waals surface area contributed by atoms with Crippen molar-refractivity contribution >= 4 is 5.91 Å². The second-order valence-electron chi connectivity index (χ2n) is 4.60. The van der Waals surface area contributed by atoms with E-state index in [1.807, 2.05) is 10.9 Å². The van der Waals surface area contributed by atoms with E-state index in [9.17, 15) is 4.79 Å². The van der Waals surface area contributed by atoms with Crippen molar-refractivity contribution in [3.63, 3.8) is 0 Å². The van der Waals surface area contributed by atoms with Crippen molar-refractivity contribution in [1.29, 1.82) is 0 Å². The van der Waals surface area contributed by atoms with Gasteiger partial charge in [-0.25, -0.2) is 0 Å². The minimum Gasteiger partial charge on any atom is -0.348 e. The summed E-state index contributed by atoms with van der Waals surface area (Å²) < 4.78 is 1.88. The number of carbonyl (C=O) groups is 1. The number of piperidine rings is 1. The molecule has 3 N–H and O–H groups in total. The first-order chi connectivity index (χ1) is 7.58. The highest BCUT2D eigenvalue weighted by atomic mass is 16.1. The standard InChI is InChI=1S/C11H18N4O/c1-7(2)15-6-8(5-13-15)11-9(12)3-4-10(16)14-11/h5-7,9,11H,3-4,12H2,1-2H3,(H,14,16). The molecule has 2 unspecified atom stereocenters. The molecular weight excluding hydrogens is 204 g/mol. The summed E-state index contributed by atoms with van der Waals surface area (Å²) in [6.45, 7) is 4.13. The lowest BCUT2D eigenvalue weighted by molar-refractivity contribution is -0.123. The molecule has 2 heterocycles. The van der Waals surface area contributed by atoms with E-state index in [2.05, 4.69) is 24.3 Å². The van der Waals surface area contributed by atoms with Crippen molar-refractivity contribution in [2.24, 2.45) is 5.73 Å². The number of nitrogens with two attached hydrogens (primary N) is 1. The van der Waals surface area contributed by atoms with Crippen LogP contribution in [0.15, 0.2) is 12.4 Å². The summed E-state index contributed by atoms with van der Waals surface area (Å²) >= 11 is 0. The summed E-state index contributed by atoms with van der Waals surface area (Å²) in [5, 5.41) is 7.18. The third-order valence-corrected chi connectivity index (χ3v) is 2.96. The van der Waals surface area contributed by atoms with Crippen LogP contribution in [0.5, 0.6) is 0 Å². The largest absolute Gasteiger partial charge is 0.348 e. The first kappa shape index (κ1) is 11.1. The maximum atomic E-state index is 11.3. The lowest BCUT2D eigenvalue weighted by Crippen LogP contribution is -2.45. The van der Waals surface area contributed by atoms with E-state index in [1.165, 1.54) is 0 Å². The van der Waals surface area contributed by atoms with Crippen LogP contribution in [0.1, 0.15) is 44.3 Å². The van der Waals surface area contributed by atoms with E-state index in [0.29, 0.717) is 12.5 Å². The van der Waals surface area contributed by atoms with Gasteiger partial charge in [0.25, 0.3) is 0 Å². The molecule has 1 aliphatic heterocycles. The molecule has 5 nitrogen and oxygen atoms in total. The maximum Gasteiger partial charge on any atom is 0.220 e. The summed E-state index contributed by atoms with van der Waals surface area (Å²) in [6.07, 6.45) is 5.01. The van der Waals surface area contributed by atoms with Crippen LogP contribution in [0.2, 0.25) is 0 Å². The first-order valence-corrected chi connectivity index (χ1v) is 5.67. The Morgan fingerprint density at radius 3 is 3.00 bits per heavy atom. The molecule has 1 aromatic rings. The SMILES string of the molecule is CC(C)n1cc(C2NC(=O)CCC2N)cn1. The molecule has 0 saturated carbocycles. The van der Waals surface area contributed by atoms with Crippen LogP contribution in [-0.4, -0.2) is 21.7 Å². The molecule has 2 atom stereocenters. The lowest BCUT2D eigenvalue weighted by Gasteiger charge is -2.28. The molecular formula is C11H18N4O. The van der Waals surface area contributed by atoms with Crippen molar-refractivity contribution in [3.05, 3.63) is 18.0 Å². The zero-order chi connectivity index (χ0) is 11.7. The van der Waals surface area contributed by atoms with Crippen LogP contribution in [0.3, 0.4) is 0 Å². The van der Waals surface area contributed by atoms with Crippen LogP contribution in [-0.2, 0) is 4.79 Å². The summed E-state index contributed by atoms with van der Waals surface area (Å²) in [5.41, 5.74) is 7.00. The van der Waals surface area contributed by atoms with E-state index >= 15 is 0 Å². The zero-order valence-corrected chi connectivity index (χ0v) is 9.68. The predicted octanol–water partition coefficient (Wildman–Crippen LogP) is 0.742. The minimum atomic E-state index is -0.0891. The molecule has 1 saturated heterocycles. The topological polar surface area (TPSA) is 72.9 Å². The van der Waals surface area contributed by atoms with Crippen LogP contribution in [0.25, 0.3) is 0 Å². The summed E-state index contributed by atoms with van der Waals surface area (Å²) in [4.78, 5) is 11.3. The van der Waals surface area contributed by atoms with E-state index in [-0.39, 0.29) is 18.0 Å². The lowest BCUT2D eigenvalue weighted by atomic mass is 9.95. The fourth-order valence-corrected chi connectivity index (χ4v) is 1.94. The second-order valence-corrected chi connectivity index (χ2v) is 4.60. The highest BCUT2D eigenvalue weighted by Gasteiger charge is 2.28. The van der Waals surface area contributed by atoms with Gasteiger partial charge in [-0.05, 0) is 20.3 Å². The van der Waals surface area contributed by atoms with Gasteiger partial charge in [-0.15, -0.1) is 0 Å². The van der Waals surface area contributed by atoms with Crippen molar-refractivity contribution in [1.82, 2.24) is 15.1 Å². The third-order valence-electron chi connectivity index (χ3n) is 2.96. The molecule has 0 aromatic carbocycles. The van der Waals surface area contributed by atoms with Gasteiger partial charge >= 0.3 is 0 Å². The van der Waals surface area contributed by atoms with Crippen molar-refractivity contribution in [2.75, 3.05) is 0 Å². The highest BCUT2D eigenvalue weighted by molar-refractivity contribution is 5.77. The Bertz CT molecular complexity index is 385. The molecule has 16 heavy (non-hydrogen) atoms. The zero-order valence-electron chi connectivity index (χ0n) is 9.68. The molecule has 1 fully saturated rings. The summed E-state index contributed by atoms with van der Waals surface area (Å²) in [7, 11) is 0. The Hall–Kier alpha value is -1.36. The number of carbonyl (C=O) groups excluding carboxylic acids is 1. The number of hydrogen-bond acceptors (Lipinski definition) is 3. The fraction of sp³-hybridized carbons (Fsp3) is 0.636. The van der Waals surface area contributed by atoms with Crippen LogP contribution >= 0.6 is 0 Å². The predicted molar refractivity (Wildman–Crippen MR) is 60.7 cm³/mol. The van der Waals surface area contributed by atoms with Crippen LogP contribution < -0.4 is 11.1 Å². The van der Waals surface area contributed by atoms with Gasteiger partial charge in [0.1, 0.15) is 0 Å². The van der Waals surface area contributed by atoms with E-state index in [1.54, 1.807) is 6.20 Å². The number of rotatable bonds is 2. The Morgan fingerprint density at radius 2 is 2.38 bits per heavy atom. The Balaban J connectivity index is 2.18.